The number of nitrogens with zero attached hydrogens (tertiary/aromatic N) is 3. The molecule has 0 amide bonds. The molecule has 5 heteroatoms. The summed E-state index contributed by atoms with van der Waals surface area (Å²) in [6, 6.07) is 7.66. The standard InChI is InChI=1S/C11H11BrN4/c1-7(13)11-15-10(6-14-16-11)8-3-2-4-9(12)5-8/h2-7H,13H2,1H3. The normalized spacial score (nSPS) is 12.4. The quantitative estimate of drug-likeness (QED) is 0.916. The van der Waals surface area contributed by atoms with Crippen molar-refractivity contribution in [3.05, 3.63) is 40.8 Å². The van der Waals surface area contributed by atoms with Crippen molar-refractivity contribution in [2.75, 3.05) is 0 Å². The van der Waals surface area contributed by atoms with Crippen LogP contribution in [0.2, 0.25) is 0 Å². The van der Waals surface area contributed by atoms with Gasteiger partial charge in [-0.2, -0.15) is 5.10 Å². The van der Waals surface area contributed by atoms with E-state index in [4.69, 9.17) is 5.73 Å². The third-order valence-electron chi connectivity index (χ3n) is 2.10. The summed E-state index contributed by atoms with van der Waals surface area (Å²) >= 11 is 3.42. The van der Waals surface area contributed by atoms with Crippen LogP contribution in [-0.4, -0.2) is 15.2 Å². The SMILES string of the molecule is CC(N)c1nncc(-c2cccc(Br)c2)n1. The highest BCUT2D eigenvalue weighted by atomic mass is 79.9. The first-order valence-corrected chi connectivity index (χ1v) is 5.67. The van der Waals surface area contributed by atoms with E-state index in [0.717, 1.165) is 15.7 Å². The van der Waals surface area contributed by atoms with Gasteiger partial charge in [0.15, 0.2) is 5.82 Å². The monoisotopic (exact) mass is 278 g/mol. The molecule has 82 valence electrons. The zero-order chi connectivity index (χ0) is 11.5. The highest BCUT2D eigenvalue weighted by Gasteiger charge is 2.06. The number of hydrogen-bond acceptors (Lipinski definition) is 4. The lowest BCUT2D eigenvalue weighted by molar-refractivity contribution is 0.710. The van der Waals surface area contributed by atoms with Gasteiger partial charge >= 0.3 is 0 Å². The molecule has 1 unspecified atom stereocenters. The van der Waals surface area contributed by atoms with E-state index in [-0.39, 0.29) is 6.04 Å². The van der Waals surface area contributed by atoms with Crippen LogP contribution in [0.15, 0.2) is 34.9 Å². The van der Waals surface area contributed by atoms with Gasteiger partial charge in [0, 0.05) is 10.0 Å². The van der Waals surface area contributed by atoms with Crippen molar-refractivity contribution in [3.63, 3.8) is 0 Å². The van der Waals surface area contributed by atoms with Gasteiger partial charge in [-0.15, -0.1) is 5.10 Å². The van der Waals surface area contributed by atoms with Crippen LogP contribution < -0.4 is 5.73 Å². The maximum atomic E-state index is 5.72. The van der Waals surface area contributed by atoms with Crippen LogP contribution in [-0.2, 0) is 0 Å². The number of rotatable bonds is 2. The second-order valence-electron chi connectivity index (χ2n) is 3.50. The van der Waals surface area contributed by atoms with Crippen LogP contribution in [0.1, 0.15) is 18.8 Å². The van der Waals surface area contributed by atoms with Crippen LogP contribution in [0.3, 0.4) is 0 Å². The first kappa shape index (κ1) is 11.2. The Kier molecular flexibility index (Phi) is 3.26. The number of nitrogens with two attached hydrogens (primary N) is 1. The maximum Gasteiger partial charge on any atom is 0.168 e. The molecule has 0 fully saturated rings. The summed E-state index contributed by atoms with van der Waals surface area (Å²) in [6.07, 6.45) is 1.63. The summed E-state index contributed by atoms with van der Waals surface area (Å²) in [6.45, 7) is 1.84. The third kappa shape index (κ3) is 2.43. The molecule has 0 aliphatic carbocycles. The van der Waals surface area contributed by atoms with Crippen molar-refractivity contribution < 1.29 is 0 Å². The van der Waals surface area contributed by atoms with E-state index in [1.165, 1.54) is 0 Å². The van der Waals surface area contributed by atoms with Gasteiger partial charge in [-0.3, -0.25) is 0 Å². The summed E-state index contributed by atoms with van der Waals surface area (Å²) in [5.74, 6) is 0.553. The van der Waals surface area contributed by atoms with Crippen LogP contribution >= 0.6 is 15.9 Å². The first-order valence-electron chi connectivity index (χ1n) is 4.88. The van der Waals surface area contributed by atoms with Gasteiger partial charge in [0.25, 0.3) is 0 Å². The fourth-order valence-electron chi connectivity index (χ4n) is 1.30. The molecule has 1 atom stereocenters. The van der Waals surface area contributed by atoms with Crippen molar-refractivity contribution in [2.24, 2.45) is 5.73 Å². The van der Waals surface area contributed by atoms with E-state index in [2.05, 4.69) is 31.1 Å². The molecule has 1 aromatic carbocycles. The van der Waals surface area contributed by atoms with Crippen LogP contribution in [0.5, 0.6) is 0 Å². The van der Waals surface area contributed by atoms with Crippen molar-refractivity contribution in [1.29, 1.82) is 0 Å². The highest BCUT2D eigenvalue weighted by molar-refractivity contribution is 9.10. The van der Waals surface area contributed by atoms with Gasteiger partial charge in [0.05, 0.1) is 17.9 Å². The summed E-state index contributed by atoms with van der Waals surface area (Å²) in [5, 5.41) is 7.79. The number of halogens is 1. The van der Waals surface area contributed by atoms with Crippen LogP contribution in [0, 0.1) is 0 Å². The summed E-state index contributed by atoms with van der Waals surface area (Å²) in [7, 11) is 0. The third-order valence-corrected chi connectivity index (χ3v) is 2.60. The van der Waals surface area contributed by atoms with Gasteiger partial charge in [-0.1, -0.05) is 28.1 Å². The topological polar surface area (TPSA) is 64.7 Å². The second kappa shape index (κ2) is 4.67. The fourth-order valence-corrected chi connectivity index (χ4v) is 1.70. The second-order valence-corrected chi connectivity index (χ2v) is 4.41. The molecule has 0 spiro atoms. The zero-order valence-corrected chi connectivity index (χ0v) is 10.3. The smallest absolute Gasteiger partial charge is 0.168 e. The van der Waals surface area contributed by atoms with E-state index in [0.29, 0.717) is 5.82 Å². The summed E-state index contributed by atoms with van der Waals surface area (Å²) < 4.78 is 1.01. The Hall–Kier alpha value is -1.33. The molecule has 0 aliphatic heterocycles. The minimum absolute atomic E-state index is 0.209. The first-order chi connectivity index (χ1) is 7.66. The van der Waals surface area contributed by atoms with Gasteiger partial charge in [-0.25, -0.2) is 4.98 Å². The molecule has 0 aliphatic rings. The Bertz CT molecular complexity index is 499. The van der Waals surface area contributed by atoms with Crippen molar-refractivity contribution in [2.45, 2.75) is 13.0 Å². The Morgan fingerprint density at radius 1 is 1.38 bits per heavy atom. The van der Waals surface area contributed by atoms with E-state index in [1.807, 2.05) is 31.2 Å². The summed E-state index contributed by atoms with van der Waals surface area (Å²) in [4.78, 5) is 4.36. The molecule has 0 bridgehead atoms. The van der Waals surface area contributed by atoms with E-state index in [9.17, 15) is 0 Å². The minimum atomic E-state index is -0.209. The lowest BCUT2D eigenvalue weighted by Crippen LogP contribution is -2.11. The molecule has 0 saturated carbocycles. The predicted molar refractivity (Wildman–Crippen MR) is 65.6 cm³/mol. The molecule has 0 saturated heterocycles. The van der Waals surface area contributed by atoms with Gasteiger partial charge in [0.1, 0.15) is 0 Å². The molecule has 2 aromatic rings. The van der Waals surface area contributed by atoms with Gasteiger partial charge < -0.3 is 5.73 Å². The van der Waals surface area contributed by atoms with Crippen molar-refractivity contribution >= 4 is 15.9 Å². The molecule has 16 heavy (non-hydrogen) atoms. The predicted octanol–water partition coefficient (Wildman–Crippen LogP) is 2.32. The number of hydrogen-bond donors (Lipinski definition) is 1. The zero-order valence-electron chi connectivity index (χ0n) is 8.76. The molecule has 1 heterocycles. The fraction of sp³-hybridized carbons (Fsp3) is 0.182. The molecule has 2 rings (SSSR count). The highest BCUT2D eigenvalue weighted by Crippen LogP contribution is 2.20. The lowest BCUT2D eigenvalue weighted by Gasteiger charge is -2.05. The van der Waals surface area contributed by atoms with Gasteiger partial charge in [-0.05, 0) is 19.1 Å². The molecular weight excluding hydrogens is 268 g/mol. The number of benzene rings is 1. The van der Waals surface area contributed by atoms with Crippen molar-refractivity contribution in [3.8, 4) is 11.3 Å². The lowest BCUT2D eigenvalue weighted by atomic mass is 10.2. The molecule has 2 N–H and O–H groups in total. The molecule has 4 nitrogen and oxygen atoms in total. The Labute approximate surface area is 102 Å². The summed E-state index contributed by atoms with van der Waals surface area (Å²) in [5.41, 5.74) is 7.49. The molecular formula is C11H11BrN4. The minimum Gasteiger partial charge on any atom is -0.321 e. The van der Waals surface area contributed by atoms with E-state index >= 15 is 0 Å². The Morgan fingerprint density at radius 2 is 2.19 bits per heavy atom. The Balaban J connectivity index is 2.44. The maximum absolute atomic E-state index is 5.72. The van der Waals surface area contributed by atoms with Crippen LogP contribution in [0.25, 0.3) is 11.3 Å². The Morgan fingerprint density at radius 3 is 2.88 bits per heavy atom. The van der Waals surface area contributed by atoms with Crippen LogP contribution in [0.4, 0.5) is 0 Å². The average molecular weight is 279 g/mol. The largest absolute Gasteiger partial charge is 0.321 e. The van der Waals surface area contributed by atoms with E-state index in [1.54, 1.807) is 6.20 Å². The van der Waals surface area contributed by atoms with Gasteiger partial charge in [0.2, 0.25) is 0 Å². The van der Waals surface area contributed by atoms with Crippen molar-refractivity contribution in [1.82, 2.24) is 15.2 Å². The molecule has 0 radical (unpaired) electrons. The number of aromatic nitrogens is 3. The van der Waals surface area contributed by atoms with E-state index < -0.39 is 0 Å². The molecule has 1 aromatic heterocycles. The average Bonchev–Trinajstić information content (AvgIpc) is 2.29.